The molecular formula is C16H18N4O. The Morgan fingerprint density at radius 2 is 2.00 bits per heavy atom. The van der Waals surface area contributed by atoms with Gasteiger partial charge in [0.1, 0.15) is 0 Å². The summed E-state index contributed by atoms with van der Waals surface area (Å²) in [7, 11) is 0. The molecule has 2 aromatic rings. The number of amides is 1. The maximum absolute atomic E-state index is 12.5. The zero-order valence-corrected chi connectivity index (χ0v) is 12.0. The molecule has 0 unspecified atom stereocenters. The number of nitrogens with zero attached hydrogens (tertiary/aromatic N) is 4. The van der Waals surface area contributed by atoms with Crippen molar-refractivity contribution in [3.63, 3.8) is 0 Å². The second-order valence-electron chi connectivity index (χ2n) is 5.88. The minimum atomic E-state index is 0.0518. The second kappa shape index (κ2) is 4.62. The van der Waals surface area contributed by atoms with Gasteiger partial charge in [-0.2, -0.15) is 5.10 Å². The van der Waals surface area contributed by atoms with E-state index in [2.05, 4.69) is 28.7 Å². The Hall–Kier alpha value is -2.30. The third-order valence-corrected chi connectivity index (χ3v) is 4.32. The highest BCUT2D eigenvalue weighted by molar-refractivity contribution is 6.01. The highest BCUT2D eigenvalue weighted by Gasteiger charge is 2.27. The first-order valence-electron chi connectivity index (χ1n) is 7.40. The lowest BCUT2D eigenvalue weighted by atomic mass is 10.1. The Morgan fingerprint density at radius 3 is 2.71 bits per heavy atom. The quantitative estimate of drug-likeness (QED) is 0.791. The van der Waals surface area contributed by atoms with E-state index in [9.17, 15) is 4.79 Å². The molecule has 0 aliphatic carbocycles. The molecule has 2 fully saturated rings. The summed E-state index contributed by atoms with van der Waals surface area (Å²) >= 11 is 0. The smallest absolute Gasteiger partial charge is 0.258 e. The second-order valence-corrected chi connectivity index (χ2v) is 5.88. The summed E-state index contributed by atoms with van der Waals surface area (Å²) in [6, 6.07) is 4.16. The van der Waals surface area contributed by atoms with Crippen molar-refractivity contribution in [1.29, 1.82) is 0 Å². The van der Waals surface area contributed by atoms with Crippen molar-refractivity contribution in [1.82, 2.24) is 14.5 Å². The van der Waals surface area contributed by atoms with E-state index in [0.29, 0.717) is 18.7 Å². The highest BCUT2D eigenvalue weighted by atomic mass is 16.2. The average molecular weight is 282 g/mol. The number of hydrogen-bond acceptors (Lipinski definition) is 3. The molecular weight excluding hydrogens is 264 g/mol. The van der Waals surface area contributed by atoms with Crippen LogP contribution in [-0.4, -0.2) is 46.6 Å². The molecule has 2 aliphatic rings. The lowest BCUT2D eigenvalue weighted by Crippen LogP contribution is -2.43. The molecule has 4 rings (SSSR count). The lowest BCUT2D eigenvalue weighted by Gasteiger charge is -2.33. The maximum atomic E-state index is 12.5. The van der Waals surface area contributed by atoms with Crippen LogP contribution in [0.1, 0.15) is 23.2 Å². The molecule has 5 heteroatoms. The van der Waals surface area contributed by atoms with E-state index in [1.54, 1.807) is 10.7 Å². The predicted molar refractivity (Wildman–Crippen MR) is 81.7 cm³/mol. The minimum Gasteiger partial charge on any atom is -0.371 e. The molecule has 2 saturated heterocycles. The van der Waals surface area contributed by atoms with Crippen LogP contribution in [0.25, 0.3) is 5.52 Å². The van der Waals surface area contributed by atoms with E-state index < -0.39 is 0 Å². The van der Waals surface area contributed by atoms with Crippen LogP contribution >= 0.6 is 0 Å². The van der Waals surface area contributed by atoms with E-state index in [1.807, 2.05) is 11.1 Å². The fraction of sp³-hybridized carbons (Fsp3) is 0.375. The van der Waals surface area contributed by atoms with Crippen molar-refractivity contribution < 1.29 is 4.79 Å². The number of pyridine rings is 1. The number of aromatic nitrogens is 2. The van der Waals surface area contributed by atoms with Gasteiger partial charge in [-0.3, -0.25) is 4.79 Å². The zero-order chi connectivity index (χ0) is 14.4. The van der Waals surface area contributed by atoms with Crippen molar-refractivity contribution in [2.45, 2.75) is 12.8 Å². The van der Waals surface area contributed by atoms with Crippen LogP contribution in [-0.2, 0) is 0 Å². The number of rotatable bonds is 2. The van der Waals surface area contributed by atoms with Crippen LogP contribution < -0.4 is 4.90 Å². The van der Waals surface area contributed by atoms with Gasteiger partial charge in [-0.15, -0.1) is 0 Å². The molecule has 4 heterocycles. The molecule has 0 spiro atoms. The van der Waals surface area contributed by atoms with E-state index in [-0.39, 0.29) is 5.91 Å². The van der Waals surface area contributed by atoms with Gasteiger partial charge >= 0.3 is 0 Å². The minimum absolute atomic E-state index is 0.0518. The Morgan fingerprint density at radius 1 is 1.24 bits per heavy atom. The van der Waals surface area contributed by atoms with Gasteiger partial charge in [-0.25, -0.2) is 4.52 Å². The van der Waals surface area contributed by atoms with E-state index >= 15 is 0 Å². The van der Waals surface area contributed by atoms with Gasteiger partial charge < -0.3 is 9.80 Å². The Balaban J connectivity index is 1.70. The largest absolute Gasteiger partial charge is 0.371 e. The van der Waals surface area contributed by atoms with Gasteiger partial charge in [-0.1, -0.05) is 6.58 Å². The molecule has 0 atom stereocenters. The topological polar surface area (TPSA) is 40.9 Å². The third kappa shape index (κ3) is 2.00. The van der Waals surface area contributed by atoms with Crippen molar-refractivity contribution in [2.75, 3.05) is 31.1 Å². The van der Waals surface area contributed by atoms with E-state index in [4.69, 9.17) is 0 Å². The number of carbonyl (C=O) groups is 1. The number of anilines is 1. The maximum Gasteiger partial charge on any atom is 0.258 e. The number of fused-ring (bicyclic) bond motifs is 1. The fourth-order valence-corrected chi connectivity index (χ4v) is 3.11. The van der Waals surface area contributed by atoms with Crippen LogP contribution in [0.15, 0.2) is 36.7 Å². The Bertz CT molecular complexity index is 719. The first-order chi connectivity index (χ1) is 10.2. The first-order valence-corrected chi connectivity index (χ1v) is 7.40. The van der Waals surface area contributed by atoms with Gasteiger partial charge in [0.2, 0.25) is 0 Å². The molecule has 0 radical (unpaired) electrons. The van der Waals surface area contributed by atoms with Gasteiger partial charge in [0.05, 0.1) is 17.3 Å². The summed E-state index contributed by atoms with van der Waals surface area (Å²) in [6.45, 7) is 7.41. The SMILES string of the molecule is C=C1CN(C(=O)c2cnn3ccc(N4CCCC4)cc23)C1. The molecule has 21 heavy (non-hydrogen) atoms. The fourth-order valence-electron chi connectivity index (χ4n) is 3.11. The standard InChI is InChI=1S/C16H18N4O/c1-12-10-19(11-12)16(21)14-9-17-20-7-4-13(8-15(14)20)18-5-2-3-6-18/h4,7-9H,1-3,5-6,10-11H2. The van der Waals surface area contributed by atoms with Crippen LogP contribution in [0.4, 0.5) is 5.69 Å². The Kier molecular flexibility index (Phi) is 2.74. The van der Waals surface area contributed by atoms with Crippen molar-refractivity contribution in [2.24, 2.45) is 0 Å². The molecule has 0 bridgehead atoms. The summed E-state index contributed by atoms with van der Waals surface area (Å²) in [5, 5.41) is 4.30. The Labute approximate surface area is 123 Å². The highest BCUT2D eigenvalue weighted by Crippen LogP contribution is 2.25. The molecule has 0 aromatic carbocycles. The predicted octanol–water partition coefficient (Wildman–Crippen LogP) is 1.95. The van der Waals surface area contributed by atoms with E-state index in [1.165, 1.54) is 18.5 Å². The third-order valence-electron chi connectivity index (χ3n) is 4.32. The molecule has 0 saturated carbocycles. The van der Waals surface area contributed by atoms with Crippen molar-refractivity contribution in [3.05, 3.63) is 42.2 Å². The summed E-state index contributed by atoms with van der Waals surface area (Å²) in [5.74, 6) is 0.0518. The van der Waals surface area contributed by atoms with Crippen LogP contribution in [0.2, 0.25) is 0 Å². The molecule has 1 amide bonds. The number of hydrogen-bond donors (Lipinski definition) is 0. The lowest BCUT2D eigenvalue weighted by molar-refractivity contribution is 0.0730. The summed E-state index contributed by atoms with van der Waals surface area (Å²) < 4.78 is 1.78. The van der Waals surface area contributed by atoms with E-state index in [0.717, 1.165) is 24.2 Å². The summed E-state index contributed by atoms with van der Waals surface area (Å²) in [4.78, 5) is 16.7. The summed E-state index contributed by atoms with van der Waals surface area (Å²) in [6.07, 6.45) is 6.10. The first kappa shape index (κ1) is 12.4. The van der Waals surface area contributed by atoms with Gasteiger partial charge in [0.25, 0.3) is 5.91 Å². The van der Waals surface area contributed by atoms with Gasteiger partial charge in [0.15, 0.2) is 0 Å². The van der Waals surface area contributed by atoms with Crippen LogP contribution in [0.3, 0.4) is 0 Å². The van der Waals surface area contributed by atoms with Crippen molar-refractivity contribution in [3.8, 4) is 0 Å². The average Bonchev–Trinajstić information content (AvgIpc) is 3.11. The number of likely N-dealkylation sites (tertiary alicyclic amines) is 1. The number of carbonyl (C=O) groups excluding carboxylic acids is 1. The molecule has 2 aromatic heterocycles. The molecule has 5 nitrogen and oxygen atoms in total. The molecule has 108 valence electrons. The monoisotopic (exact) mass is 282 g/mol. The zero-order valence-electron chi connectivity index (χ0n) is 12.0. The summed E-state index contributed by atoms with van der Waals surface area (Å²) in [5.41, 5.74) is 3.87. The van der Waals surface area contributed by atoms with Gasteiger partial charge in [0, 0.05) is 38.1 Å². The van der Waals surface area contributed by atoms with Gasteiger partial charge in [-0.05, 0) is 30.5 Å². The normalized spacial score (nSPS) is 18.4. The molecule has 0 N–H and O–H groups in total. The molecule has 2 aliphatic heterocycles. The van der Waals surface area contributed by atoms with Crippen LogP contribution in [0, 0.1) is 0 Å². The van der Waals surface area contributed by atoms with Crippen LogP contribution in [0.5, 0.6) is 0 Å². The van der Waals surface area contributed by atoms with Crippen molar-refractivity contribution >= 4 is 17.1 Å².